The van der Waals surface area contributed by atoms with E-state index in [0.717, 1.165) is 24.8 Å². The first-order chi connectivity index (χ1) is 18.4. The summed E-state index contributed by atoms with van der Waals surface area (Å²) in [5.74, 6) is -1.36. The number of hydrogen-bond donors (Lipinski definition) is 1. The number of aliphatic hydroxyl groups is 1. The smallest absolute Gasteiger partial charge is 0.295 e. The summed E-state index contributed by atoms with van der Waals surface area (Å²) in [6.07, 6.45) is 6.25. The first kappa shape index (κ1) is 26.9. The fraction of sp³-hybridized carbons (Fsp3) is 0.300. The third kappa shape index (κ3) is 5.85. The highest BCUT2D eigenvalue weighted by Crippen LogP contribution is 2.42. The minimum atomic E-state index is -0.901. The molecule has 1 amide bonds. The van der Waals surface area contributed by atoms with Crippen molar-refractivity contribution >= 4 is 17.4 Å². The van der Waals surface area contributed by atoms with Crippen molar-refractivity contribution in [1.82, 2.24) is 9.88 Å². The van der Waals surface area contributed by atoms with Crippen molar-refractivity contribution in [1.29, 1.82) is 0 Å². The van der Waals surface area contributed by atoms with Gasteiger partial charge in [0.2, 0.25) is 0 Å². The quantitative estimate of drug-likeness (QED) is 0.149. The first-order valence-corrected chi connectivity index (χ1v) is 12.8. The zero-order valence-corrected chi connectivity index (χ0v) is 21.5. The normalized spacial score (nSPS) is 16.6. The summed E-state index contributed by atoms with van der Waals surface area (Å²) in [6.45, 7) is 5.03. The second kappa shape index (κ2) is 12.4. The number of nitrogens with zero attached hydrogens (tertiary/aromatic N) is 2. The van der Waals surface area contributed by atoms with Crippen molar-refractivity contribution < 1.29 is 28.6 Å². The van der Waals surface area contributed by atoms with Gasteiger partial charge in [0.25, 0.3) is 11.7 Å². The average molecular weight is 519 g/mol. The van der Waals surface area contributed by atoms with E-state index in [2.05, 4.69) is 11.9 Å². The molecule has 0 bridgehead atoms. The van der Waals surface area contributed by atoms with Crippen LogP contribution in [-0.2, 0) is 16.1 Å². The van der Waals surface area contributed by atoms with Crippen LogP contribution in [0.1, 0.15) is 55.8 Å². The summed E-state index contributed by atoms with van der Waals surface area (Å²) in [6, 6.07) is 13.0. The van der Waals surface area contributed by atoms with Gasteiger partial charge in [0.15, 0.2) is 11.5 Å². The lowest BCUT2D eigenvalue weighted by atomic mass is 9.94. The van der Waals surface area contributed by atoms with Gasteiger partial charge in [0, 0.05) is 24.5 Å². The van der Waals surface area contributed by atoms with Gasteiger partial charge in [-0.15, -0.1) is 0 Å². The maximum atomic E-state index is 13.5. The molecule has 2 aromatic carbocycles. The van der Waals surface area contributed by atoms with Crippen LogP contribution in [0.3, 0.4) is 0 Å². The van der Waals surface area contributed by atoms with E-state index in [9.17, 15) is 19.1 Å². The van der Waals surface area contributed by atoms with Crippen LogP contribution in [0.15, 0.2) is 72.6 Å². The molecule has 0 saturated carbocycles. The summed E-state index contributed by atoms with van der Waals surface area (Å²) in [5, 5.41) is 11.2. The highest BCUT2D eigenvalue weighted by atomic mass is 19.1. The Bertz CT molecular complexity index is 1310. The monoisotopic (exact) mass is 518 g/mol. The molecule has 0 spiro atoms. The number of aliphatic hydroxyl groups excluding tert-OH is 1. The zero-order chi connectivity index (χ0) is 27.1. The number of hydrogen-bond acceptors (Lipinski definition) is 6. The van der Waals surface area contributed by atoms with Crippen LogP contribution in [0.2, 0.25) is 0 Å². The van der Waals surface area contributed by atoms with Crippen molar-refractivity contribution in [2.24, 2.45) is 0 Å². The maximum Gasteiger partial charge on any atom is 0.295 e. The van der Waals surface area contributed by atoms with E-state index >= 15 is 0 Å². The molecule has 1 unspecified atom stereocenters. The van der Waals surface area contributed by atoms with Crippen molar-refractivity contribution in [3.63, 3.8) is 0 Å². The van der Waals surface area contributed by atoms with Crippen LogP contribution in [0, 0.1) is 5.82 Å². The summed E-state index contributed by atoms with van der Waals surface area (Å²) in [5.41, 5.74) is 1.51. The Balaban J connectivity index is 1.80. The zero-order valence-electron chi connectivity index (χ0n) is 21.5. The van der Waals surface area contributed by atoms with Gasteiger partial charge in [0.05, 0.1) is 24.8 Å². The highest BCUT2D eigenvalue weighted by molar-refractivity contribution is 6.46. The molecule has 0 aliphatic carbocycles. The fourth-order valence-electron chi connectivity index (χ4n) is 4.45. The first-order valence-electron chi connectivity index (χ1n) is 12.8. The highest BCUT2D eigenvalue weighted by Gasteiger charge is 2.46. The third-order valence-electron chi connectivity index (χ3n) is 6.35. The largest absolute Gasteiger partial charge is 0.507 e. The number of pyridine rings is 1. The average Bonchev–Trinajstić information content (AvgIpc) is 3.17. The second-order valence-electron chi connectivity index (χ2n) is 8.98. The summed E-state index contributed by atoms with van der Waals surface area (Å²) in [4.78, 5) is 32.0. The molecule has 1 aliphatic rings. The molecule has 198 valence electrons. The van der Waals surface area contributed by atoms with Gasteiger partial charge in [-0.2, -0.15) is 0 Å². The molecule has 1 fully saturated rings. The van der Waals surface area contributed by atoms with Gasteiger partial charge >= 0.3 is 0 Å². The van der Waals surface area contributed by atoms with E-state index in [0.29, 0.717) is 30.3 Å². The van der Waals surface area contributed by atoms with Crippen LogP contribution in [-0.4, -0.2) is 39.9 Å². The number of halogens is 1. The predicted molar refractivity (Wildman–Crippen MR) is 141 cm³/mol. The van der Waals surface area contributed by atoms with E-state index in [4.69, 9.17) is 9.47 Å². The molecule has 0 radical (unpaired) electrons. The Labute approximate surface area is 221 Å². The lowest BCUT2D eigenvalue weighted by Gasteiger charge is -2.26. The lowest BCUT2D eigenvalue weighted by Crippen LogP contribution is -2.29. The Morgan fingerprint density at radius 3 is 2.39 bits per heavy atom. The maximum absolute atomic E-state index is 13.5. The van der Waals surface area contributed by atoms with Crippen molar-refractivity contribution in [2.45, 2.75) is 45.7 Å². The topological polar surface area (TPSA) is 89.0 Å². The number of amides is 1. The Morgan fingerprint density at radius 2 is 1.71 bits per heavy atom. The van der Waals surface area contributed by atoms with Crippen LogP contribution in [0.25, 0.3) is 5.76 Å². The SMILES string of the molecule is CCCCCOc1ccc(C2C(=C(O)c3ccc(F)cc3)C(=O)C(=O)N2Cc2ccncc2)cc1OCC. The molecule has 1 aliphatic heterocycles. The number of likely N-dealkylation sites (tertiary alicyclic amines) is 1. The molecule has 7 nitrogen and oxygen atoms in total. The molecular weight excluding hydrogens is 487 g/mol. The molecule has 3 aromatic rings. The number of Topliss-reactive ketones (excluding diaryl/α,β-unsaturated/α-hetero) is 1. The van der Waals surface area contributed by atoms with Crippen molar-refractivity contribution in [3.8, 4) is 11.5 Å². The number of unbranched alkanes of at least 4 members (excludes halogenated alkanes) is 2. The van der Waals surface area contributed by atoms with Crippen molar-refractivity contribution in [3.05, 3.63) is 95.1 Å². The Hall–Kier alpha value is -4.20. The fourth-order valence-corrected chi connectivity index (χ4v) is 4.45. The van der Waals surface area contributed by atoms with Gasteiger partial charge in [-0.1, -0.05) is 25.8 Å². The number of ketones is 1. The summed E-state index contributed by atoms with van der Waals surface area (Å²) >= 11 is 0. The summed E-state index contributed by atoms with van der Waals surface area (Å²) < 4.78 is 25.3. The molecular formula is C30H31FN2O5. The molecule has 2 heterocycles. The molecule has 8 heteroatoms. The van der Waals surface area contributed by atoms with E-state index in [1.54, 1.807) is 42.7 Å². The number of aromatic nitrogens is 1. The molecule has 1 atom stereocenters. The van der Waals surface area contributed by atoms with Gasteiger partial charge < -0.3 is 19.5 Å². The molecule has 4 rings (SSSR count). The summed E-state index contributed by atoms with van der Waals surface area (Å²) in [7, 11) is 0. The number of ether oxygens (including phenoxy) is 2. The van der Waals surface area contributed by atoms with Crippen LogP contribution >= 0.6 is 0 Å². The number of carbonyl (C=O) groups is 2. The molecule has 1 aromatic heterocycles. The minimum Gasteiger partial charge on any atom is -0.507 e. The van der Waals surface area contributed by atoms with E-state index in [1.807, 2.05) is 6.92 Å². The number of rotatable bonds is 11. The van der Waals surface area contributed by atoms with Crippen molar-refractivity contribution in [2.75, 3.05) is 13.2 Å². The van der Waals surface area contributed by atoms with E-state index in [1.165, 1.54) is 29.2 Å². The van der Waals surface area contributed by atoms with Crippen LogP contribution in [0.5, 0.6) is 11.5 Å². The van der Waals surface area contributed by atoms with Crippen LogP contribution < -0.4 is 9.47 Å². The predicted octanol–water partition coefficient (Wildman–Crippen LogP) is 5.81. The standard InChI is InChI=1S/C30H31FN2O5/c1-3-5-6-17-38-24-12-9-22(18-25(24)37-4-2)27-26(28(34)21-7-10-23(31)11-8-21)29(35)30(36)33(27)19-20-13-15-32-16-14-20/h7-16,18,27,34H,3-6,17,19H2,1-2H3. The minimum absolute atomic E-state index is 0.0743. The van der Waals surface area contributed by atoms with E-state index in [-0.39, 0.29) is 23.4 Å². The molecule has 38 heavy (non-hydrogen) atoms. The molecule has 1 N–H and O–H groups in total. The number of benzene rings is 2. The van der Waals surface area contributed by atoms with Gasteiger partial charge in [-0.25, -0.2) is 4.39 Å². The van der Waals surface area contributed by atoms with Crippen LogP contribution in [0.4, 0.5) is 4.39 Å². The molecule has 1 saturated heterocycles. The van der Waals surface area contributed by atoms with Gasteiger partial charge in [-0.05, 0) is 73.0 Å². The number of carbonyl (C=O) groups excluding carboxylic acids is 2. The van der Waals surface area contributed by atoms with Gasteiger partial charge in [0.1, 0.15) is 11.6 Å². The lowest BCUT2D eigenvalue weighted by molar-refractivity contribution is -0.140. The third-order valence-corrected chi connectivity index (χ3v) is 6.35. The van der Waals surface area contributed by atoms with Gasteiger partial charge in [-0.3, -0.25) is 14.6 Å². The Kier molecular flexibility index (Phi) is 8.73. The van der Waals surface area contributed by atoms with E-state index < -0.39 is 23.5 Å². The Morgan fingerprint density at radius 1 is 0.974 bits per heavy atom. The second-order valence-corrected chi connectivity index (χ2v) is 8.98.